The lowest BCUT2D eigenvalue weighted by atomic mass is 9.96. The maximum atomic E-state index is 6.29. The van der Waals surface area contributed by atoms with Gasteiger partial charge in [0.25, 0.3) is 0 Å². The van der Waals surface area contributed by atoms with E-state index in [1.165, 1.54) is 37.8 Å². The molecule has 0 spiro atoms. The molecule has 0 heterocycles. The molecule has 1 nitrogen and oxygen atoms in total. The van der Waals surface area contributed by atoms with Crippen LogP contribution in [0.5, 0.6) is 0 Å². The van der Waals surface area contributed by atoms with Gasteiger partial charge in [0.05, 0.1) is 0 Å². The number of rotatable bonds is 5. The second-order valence-corrected chi connectivity index (χ2v) is 6.89. The first kappa shape index (κ1) is 12.0. The van der Waals surface area contributed by atoms with E-state index in [-0.39, 0.29) is 0 Å². The molecule has 1 aromatic rings. The van der Waals surface area contributed by atoms with Gasteiger partial charge in [0.1, 0.15) is 0 Å². The zero-order chi connectivity index (χ0) is 11.9. The van der Waals surface area contributed by atoms with E-state index in [4.69, 9.17) is 11.6 Å². The summed E-state index contributed by atoms with van der Waals surface area (Å²) in [4.78, 5) is 0. The number of benzene rings is 1. The highest BCUT2D eigenvalue weighted by Gasteiger charge is 2.43. The molecule has 1 N–H and O–H groups in total. The fraction of sp³-hybridized carbons (Fsp3) is 0.571. The molecule has 0 bridgehead atoms. The maximum absolute atomic E-state index is 6.29. The Morgan fingerprint density at radius 2 is 2.12 bits per heavy atom. The molecule has 92 valence electrons. The average molecular weight is 315 g/mol. The zero-order valence-electron chi connectivity index (χ0n) is 9.81. The number of halogens is 2. The van der Waals surface area contributed by atoms with Crippen molar-refractivity contribution in [2.24, 2.45) is 5.41 Å². The lowest BCUT2D eigenvalue weighted by Gasteiger charge is -2.17. The molecule has 0 radical (unpaired) electrons. The fourth-order valence-corrected chi connectivity index (χ4v) is 3.05. The molecule has 2 saturated carbocycles. The van der Waals surface area contributed by atoms with Gasteiger partial charge in [-0.3, -0.25) is 0 Å². The van der Waals surface area contributed by atoms with Gasteiger partial charge in [-0.05, 0) is 55.2 Å². The Bertz CT molecular complexity index is 424. The molecule has 3 rings (SSSR count). The van der Waals surface area contributed by atoms with Crippen LogP contribution < -0.4 is 5.32 Å². The molecular formula is C14H17BrClN. The lowest BCUT2D eigenvalue weighted by Crippen LogP contribution is -2.27. The fourth-order valence-electron chi connectivity index (χ4n) is 2.31. The van der Waals surface area contributed by atoms with Gasteiger partial charge in [0, 0.05) is 22.1 Å². The second-order valence-electron chi connectivity index (χ2n) is 5.57. The van der Waals surface area contributed by atoms with Gasteiger partial charge >= 0.3 is 0 Å². The topological polar surface area (TPSA) is 12.0 Å². The molecular weight excluding hydrogens is 298 g/mol. The van der Waals surface area contributed by atoms with Crippen LogP contribution in [0.25, 0.3) is 0 Å². The van der Waals surface area contributed by atoms with Crippen molar-refractivity contribution in [3.63, 3.8) is 0 Å². The Morgan fingerprint density at radius 1 is 1.35 bits per heavy atom. The molecule has 17 heavy (non-hydrogen) atoms. The molecule has 0 amide bonds. The summed E-state index contributed by atoms with van der Waals surface area (Å²) in [5.74, 6) is 0. The van der Waals surface area contributed by atoms with Crippen molar-refractivity contribution in [2.45, 2.75) is 38.1 Å². The summed E-state index contributed by atoms with van der Waals surface area (Å²) in [6.07, 6.45) is 6.56. The highest BCUT2D eigenvalue weighted by Crippen LogP contribution is 2.49. The van der Waals surface area contributed by atoms with E-state index in [1.54, 1.807) is 0 Å². The Hall–Kier alpha value is -0.0500. The second kappa shape index (κ2) is 4.56. The minimum absolute atomic E-state index is 0.500. The molecule has 0 aromatic heterocycles. The predicted molar refractivity (Wildman–Crippen MR) is 75.5 cm³/mol. The number of nitrogens with one attached hydrogen (secondary N) is 1. The van der Waals surface area contributed by atoms with E-state index in [2.05, 4.69) is 33.4 Å². The molecule has 0 aliphatic heterocycles. The van der Waals surface area contributed by atoms with Crippen molar-refractivity contribution in [2.75, 3.05) is 6.54 Å². The third-order valence-electron chi connectivity index (χ3n) is 3.88. The predicted octanol–water partition coefficient (Wildman–Crippen LogP) is 4.18. The van der Waals surface area contributed by atoms with Crippen LogP contribution in [-0.4, -0.2) is 12.6 Å². The monoisotopic (exact) mass is 313 g/mol. The van der Waals surface area contributed by atoms with Crippen molar-refractivity contribution in [3.8, 4) is 0 Å². The third kappa shape index (κ3) is 3.04. The van der Waals surface area contributed by atoms with Crippen molar-refractivity contribution < 1.29 is 0 Å². The summed E-state index contributed by atoms with van der Waals surface area (Å²) in [6.45, 7) is 1.17. The van der Waals surface area contributed by atoms with Gasteiger partial charge < -0.3 is 5.32 Å². The van der Waals surface area contributed by atoms with Gasteiger partial charge in [-0.25, -0.2) is 0 Å². The summed E-state index contributed by atoms with van der Waals surface area (Å²) >= 11 is 9.74. The van der Waals surface area contributed by atoms with Crippen molar-refractivity contribution in [1.29, 1.82) is 0 Å². The maximum Gasteiger partial charge on any atom is 0.0449 e. The molecule has 2 aliphatic rings. The Labute approximate surface area is 116 Å². The van der Waals surface area contributed by atoms with Crippen molar-refractivity contribution in [1.82, 2.24) is 5.32 Å². The summed E-state index contributed by atoms with van der Waals surface area (Å²) in [7, 11) is 0. The summed E-state index contributed by atoms with van der Waals surface area (Å²) in [6, 6.07) is 7.06. The van der Waals surface area contributed by atoms with E-state index >= 15 is 0 Å². The van der Waals surface area contributed by atoms with E-state index in [1.807, 2.05) is 6.07 Å². The highest BCUT2D eigenvalue weighted by atomic mass is 79.9. The van der Waals surface area contributed by atoms with Crippen LogP contribution in [-0.2, 0) is 6.42 Å². The first-order chi connectivity index (χ1) is 8.17. The standard InChI is InChI=1S/C14H17BrClN/c15-11-2-1-10(13(16)7-11)8-14(5-6-14)9-17-12-3-4-12/h1-2,7,12,17H,3-6,8-9H2. The molecule has 0 unspecified atom stereocenters. The molecule has 2 fully saturated rings. The summed E-state index contributed by atoms with van der Waals surface area (Å²) in [5, 5.41) is 4.56. The normalized spacial score (nSPS) is 21.5. The lowest BCUT2D eigenvalue weighted by molar-refractivity contribution is 0.453. The van der Waals surface area contributed by atoms with E-state index in [0.29, 0.717) is 5.41 Å². The quantitative estimate of drug-likeness (QED) is 0.860. The van der Waals surface area contributed by atoms with Crippen LogP contribution in [0.3, 0.4) is 0 Å². The van der Waals surface area contributed by atoms with Gasteiger partial charge in [-0.15, -0.1) is 0 Å². The van der Waals surface area contributed by atoms with E-state index in [9.17, 15) is 0 Å². The van der Waals surface area contributed by atoms with Crippen LogP contribution in [0.1, 0.15) is 31.2 Å². The van der Waals surface area contributed by atoms with Gasteiger partial charge in [-0.1, -0.05) is 33.6 Å². The first-order valence-electron chi connectivity index (χ1n) is 6.34. The molecule has 0 atom stereocenters. The third-order valence-corrected chi connectivity index (χ3v) is 4.73. The Balaban J connectivity index is 1.64. The van der Waals surface area contributed by atoms with E-state index < -0.39 is 0 Å². The Kier molecular flexibility index (Phi) is 3.22. The van der Waals surface area contributed by atoms with Gasteiger partial charge in [-0.2, -0.15) is 0 Å². The van der Waals surface area contributed by atoms with E-state index in [0.717, 1.165) is 22.0 Å². The van der Waals surface area contributed by atoms with Gasteiger partial charge in [0.15, 0.2) is 0 Å². The summed E-state index contributed by atoms with van der Waals surface area (Å²) < 4.78 is 1.06. The summed E-state index contributed by atoms with van der Waals surface area (Å²) in [5.41, 5.74) is 1.80. The number of hydrogen-bond donors (Lipinski definition) is 1. The number of hydrogen-bond acceptors (Lipinski definition) is 1. The molecule has 3 heteroatoms. The SMILES string of the molecule is Clc1cc(Br)ccc1CC1(CNC2CC2)CC1. The molecule has 2 aliphatic carbocycles. The van der Waals surface area contributed by atoms with Gasteiger partial charge in [0.2, 0.25) is 0 Å². The minimum atomic E-state index is 0.500. The smallest absolute Gasteiger partial charge is 0.0449 e. The molecule has 0 saturated heterocycles. The van der Waals surface area contributed by atoms with Crippen LogP contribution in [0.4, 0.5) is 0 Å². The van der Waals surface area contributed by atoms with Crippen LogP contribution in [0, 0.1) is 5.41 Å². The zero-order valence-corrected chi connectivity index (χ0v) is 12.1. The van der Waals surface area contributed by atoms with Crippen LogP contribution in [0.15, 0.2) is 22.7 Å². The first-order valence-corrected chi connectivity index (χ1v) is 7.51. The minimum Gasteiger partial charge on any atom is -0.313 e. The van der Waals surface area contributed by atoms with Crippen molar-refractivity contribution in [3.05, 3.63) is 33.3 Å². The van der Waals surface area contributed by atoms with Crippen molar-refractivity contribution >= 4 is 27.5 Å². The van der Waals surface area contributed by atoms with Crippen LogP contribution >= 0.6 is 27.5 Å². The molecule has 1 aromatic carbocycles. The Morgan fingerprint density at radius 3 is 2.71 bits per heavy atom. The largest absolute Gasteiger partial charge is 0.313 e. The highest BCUT2D eigenvalue weighted by molar-refractivity contribution is 9.10. The van der Waals surface area contributed by atoms with Crippen LogP contribution in [0.2, 0.25) is 5.02 Å². The average Bonchev–Trinajstić information content (AvgIpc) is 3.15.